The summed E-state index contributed by atoms with van der Waals surface area (Å²) in [4.78, 5) is 25.4. The van der Waals surface area contributed by atoms with Crippen molar-refractivity contribution in [3.8, 4) is 5.75 Å². The highest BCUT2D eigenvalue weighted by atomic mass is 16.5. The number of hydrogen-bond acceptors (Lipinski definition) is 3. The molecule has 5 heteroatoms. The predicted molar refractivity (Wildman–Crippen MR) is 91.3 cm³/mol. The average molecular weight is 320 g/mol. The van der Waals surface area contributed by atoms with Crippen molar-refractivity contribution in [3.63, 3.8) is 0 Å². The van der Waals surface area contributed by atoms with E-state index in [0.29, 0.717) is 5.75 Å². The number of hydrogen-bond donors (Lipinski definition) is 1. The zero-order valence-electron chi connectivity index (χ0n) is 14.8. The van der Waals surface area contributed by atoms with Crippen molar-refractivity contribution in [2.45, 2.75) is 39.7 Å². The molecule has 0 aromatic heterocycles. The zero-order chi connectivity index (χ0) is 17.4. The molecule has 2 atom stereocenters. The maximum atomic E-state index is 12.2. The number of para-hydroxylation sites is 1. The number of carbonyl (C=O) groups excluding carboxylic acids is 2. The quantitative estimate of drug-likeness (QED) is 0.801. The Morgan fingerprint density at radius 2 is 1.83 bits per heavy atom. The van der Waals surface area contributed by atoms with Crippen LogP contribution in [0, 0.1) is 5.92 Å². The molecule has 1 rings (SSSR count). The van der Waals surface area contributed by atoms with Gasteiger partial charge in [-0.2, -0.15) is 0 Å². The molecule has 0 aliphatic heterocycles. The summed E-state index contributed by atoms with van der Waals surface area (Å²) < 4.78 is 5.67. The maximum absolute atomic E-state index is 12.2. The monoisotopic (exact) mass is 320 g/mol. The zero-order valence-corrected chi connectivity index (χ0v) is 14.8. The van der Waals surface area contributed by atoms with Gasteiger partial charge in [-0.15, -0.1) is 0 Å². The van der Waals surface area contributed by atoms with Crippen LogP contribution in [-0.2, 0) is 9.59 Å². The molecule has 1 aromatic carbocycles. The van der Waals surface area contributed by atoms with E-state index in [2.05, 4.69) is 5.32 Å². The minimum atomic E-state index is -0.123. The van der Waals surface area contributed by atoms with E-state index in [9.17, 15) is 9.59 Å². The van der Waals surface area contributed by atoms with Crippen molar-refractivity contribution in [2.75, 3.05) is 20.7 Å². The lowest BCUT2D eigenvalue weighted by Gasteiger charge is -2.22. The Kier molecular flexibility index (Phi) is 7.59. The fourth-order valence-electron chi connectivity index (χ4n) is 2.07. The van der Waals surface area contributed by atoms with Gasteiger partial charge in [0.05, 0.1) is 6.04 Å². The standard InChI is InChI=1S/C18H28N2O3/c1-6-13(3)18(22)19-15(7-2)14-10-8-9-11-16(14)23-12-17(21)20(4)5/h8-11,13,15H,6-7,12H2,1-5H3,(H,19,22)/t13-,15+/m0/s1. The Hall–Kier alpha value is -2.04. The Balaban J connectivity index is 2.88. The van der Waals surface area contributed by atoms with Gasteiger partial charge in [0, 0.05) is 25.6 Å². The molecule has 0 aliphatic rings. The summed E-state index contributed by atoms with van der Waals surface area (Å²) in [7, 11) is 3.39. The van der Waals surface area contributed by atoms with Gasteiger partial charge in [0.1, 0.15) is 5.75 Å². The first-order chi connectivity index (χ1) is 10.9. The van der Waals surface area contributed by atoms with E-state index in [1.807, 2.05) is 45.0 Å². The number of nitrogens with zero attached hydrogens (tertiary/aromatic N) is 1. The number of ether oxygens (including phenoxy) is 1. The fraction of sp³-hybridized carbons (Fsp3) is 0.556. The second-order valence-corrected chi connectivity index (χ2v) is 5.89. The minimum Gasteiger partial charge on any atom is -0.483 e. The molecule has 5 nitrogen and oxygen atoms in total. The van der Waals surface area contributed by atoms with Crippen molar-refractivity contribution < 1.29 is 14.3 Å². The van der Waals surface area contributed by atoms with E-state index in [0.717, 1.165) is 18.4 Å². The van der Waals surface area contributed by atoms with Gasteiger partial charge in [-0.1, -0.05) is 39.0 Å². The van der Waals surface area contributed by atoms with E-state index in [1.165, 1.54) is 4.90 Å². The molecule has 0 bridgehead atoms. The van der Waals surface area contributed by atoms with Crippen molar-refractivity contribution in [3.05, 3.63) is 29.8 Å². The van der Waals surface area contributed by atoms with Crippen LogP contribution in [0.15, 0.2) is 24.3 Å². The molecule has 0 saturated heterocycles. The molecule has 1 aromatic rings. The minimum absolute atomic E-state index is 0.0141. The largest absolute Gasteiger partial charge is 0.483 e. The number of carbonyl (C=O) groups is 2. The highest BCUT2D eigenvalue weighted by molar-refractivity contribution is 5.79. The molecule has 0 fully saturated rings. The Labute approximate surface area is 139 Å². The van der Waals surface area contributed by atoms with Gasteiger partial charge in [0.25, 0.3) is 5.91 Å². The topological polar surface area (TPSA) is 58.6 Å². The van der Waals surface area contributed by atoms with Crippen molar-refractivity contribution >= 4 is 11.8 Å². The van der Waals surface area contributed by atoms with E-state index in [4.69, 9.17) is 4.74 Å². The van der Waals surface area contributed by atoms with Crippen LogP contribution in [0.25, 0.3) is 0 Å². The van der Waals surface area contributed by atoms with Gasteiger partial charge in [0.15, 0.2) is 6.61 Å². The highest BCUT2D eigenvalue weighted by Crippen LogP contribution is 2.27. The first-order valence-corrected chi connectivity index (χ1v) is 8.12. The van der Waals surface area contributed by atoms with Crippen molar-refractivity contribution in [1.82, 2.24) is 10.2 Å². The molecule has 0 saturated carbocycles. The van der Waals surface area contributed by atoms with Crippen molar-refractivity contribution in [1.29, 1.82) is 0 Å². The Morgan fingerprint density at radius 1 is 1.17 bits per heavy atom. The summed E-state index contributed by atoms with van der Waals surface area (Å²) >= 11 is 0. The molecule has 0 aliphatic carbocycles. The van der Waals surface area contributed by atoms with Crippen LogP contribution in [0.3, 0.4) is 0 Å². The third-order valence-corrected chi connectivity index (χ3v) is 3.93. The van der Waals surface area contributed by atoms with E-state index >= 15 is 0 Å². The Bertz CT molecular complexity index is 529. The normalized spacial score (nSPS) is 13.1. The summed E-state index contributed by atoms with van der Waals surface area (Å²) in [6.45, 7) is 5.92. The number of likely N-dealkylation sites (N-methyl/N-ethyl adjacent to an activating group) is 1. The lowest BCUT2D eigenvalue weighted by molar-refractivity contribution is -0.131. The maximum Gasteiger partial charge on any atom is 0.259 e. The van der Waals surface area contributed by atoms with Crippen molar-refractivity contribution in [2.24, 2.45) is 5.92 Å². The van der Waals surface area contributed by atoms with Gasteiger partial charge in [-0.05, 0) is 18.9 Å². The summed E-state index contributed by atoms with van der Waals surface area (Å²) in [6.07, 6.45) is 1.56. The van der Waals surface area contributed by atoms with Gasteiger partial charge in [-0.3, -0.25) is 9.59 Å². The summed E-state index contributed by atoms with van der Waals surface area (Å²) in [5.41, 5.74) is 0.901. The lowest BCUT2D eigenvalue weighted by atomic mass is 10.0. The average Bonchev–Trinajstić information content (AvgIpc) is 2.56. The van der Waals surface area contributed by atoms with E-state index in [-0.39, 0.29) is 30.4 Å². The second-order valence-electron chi connectivity index (χ2n) is 5.89. The SMILES string of the molecule is CC[C@H](C)C(=O)N[C@H](CC)c1ccccc1OCC(=O)N(C)C. The number of nitrogens with one attached hydrogen (secondary N) is 1. The fourth-order valence-corrected chi connectivity index (χ4v) is 2.07. The predicted octanol–water partition coefficient (Wildman–Crippen LogP) is 2.77. The Morgan fingerprint density at radius 3 is 2.39 bits per heavy atom. The van der Waals surface area contributed by atoms with Crippen LogP contribution in [0.4, 0.5) is 0 Å². The summed E-state index contributed by atoms with van der Waals surface area (Å²) in [5, 5.41) is 3.07. The molecule has 2 amide bonds. The van der Waals surface area contributed by atoms with Crippen LogP contribution in [0.1, 0.15) is 45.2 Å². The molecular weight excluding hydrogens is 292 g/mol. The van der Waals surface area contributed by atoms with Gasteiger partial charge < -0.3 is 15.0 Å². The smallest absolute Gasteiger partial charge is 0.259 e. The lowest BCUT2D eigenvalue weighted by Crippen LogP contribution is -2.33. The molecule has 128 valence electrons. The number of amides is 2. The third kappa shape index (κ3) is 5.58. The highest BCUT2D eigenvalue weighted by Gasteiger charge is 2.20. The van der Waals surface area contributed by atoms with Gasteiger partial charge in [-0.25, -0.2) is 0 Å². The summed E-state index contributed by atoms with van der Waals surface area (Å²) in [5.74, 6) is 0.557. The molecule has 23 heavy (non-hydrogen) atoms. The number of rotatable bonds is 8. The molecule has 0 heterocycles. The first kappa shape index (κ1) is 19.0. The van der Waals surface area contributed by atoms with Crippen LogP contribution < -0.4 is 10.1 Å². The second kappa shape index (κ2) is 9.18. The molecule has 0 unspecified atom stereocenters. The molecule has 0 spiro atoms. The summed E-state index contributed by atoms with van der Waals surface area (Å²) in [6, 6.07) is 7.41. The van der Waals surface area contributed by atoms with Crippen LogP contribution in [-0.4, -0.2) is 37.4 Å². The molecule has 0 radical (unpaired) electrons. The first-order valence-electron chi connectivity index (χ1n) is 8.12. The van der Waals surface area contributed by atoms with Gasteiger partial charge >= 0.3 is 0 Å². The van der Waals surface area contributed by atoms with Crippen LogP contribution >= 0.6 is 0 Å². The number of benzene rings is 1. The molecule has 1 N–H and O–H groups in total. The van der Waals surface area contributed by atoms with Gasteiger partial charge in [0.2, 0.25) is 5.91 Å². The van der Waals surface area contributed by atoms with E-state index < -0.39 is 0 Å². The molecular formula is C18H28N2O3. The third-order valence-electron chi connectivity index (χ3n) is 3.93. The van der Waals surface area contributed by atoms with Crippen LogP contribution in [0.2, 0.25) is 0 Å². The van der Waals surface area contributed by atoms with E-state index in [1.54, 1.807) is 14.1 Å². The van der Waals surface area contributed by atoms with Crippen LogP contribution in [0.5, 0.6) is 5.75 Å².